The Morgan fingerprint density at radius 2 is 1.93 bits per heavy atom. The quantitative estimate of drug-likeness (QED) is 0.671. The number of ether oxygens (including phenoxy) is 1. The molecule has 8 nitrogen and oxygen atoms in total. The van der Waals surface area contributed by atoms with E-state index in [9.17, 15) is 14.4 Å². The molecule has 1 aromatic carbocycles. The highest BCUT2D eigenvalue weighted by Crippen LogP contribution is 2.26. The highest BCUT2D eigenvalue weighted by atomic mass is 16.5. The van der Waals surface area contributed by atoms with Gasteiger partial charge < -0.3 is 15.8 Å². The number of benzene rings is 1. The lowest BCUT2D eigenvalue weighted by Crippen LogP contribution is -2.36. The Kier molecular flexibility index (Phi) is 6.18. The molecule has 0 aliphatic heterocycles. The number of H-pyrrole nitrogens is 1. The number of rotatable bonds is 7. The number of aromatic amines is 1. The van der Waals surface area contributed by atoms with Gasteiger partial charge in [-0.2, -0.15) is 0 Å². The van der Waals surface area contributed by atoms with Crippen LogP contribution in [0.25, 0.3) is 0 Å². The molecule has 0 spiro atoms. The number of nitrogens with two attached hydrogens (primary N) is 1. The second-order valence-corrected chi connectivity index (χ2v) is 7.09. The van der Waals surface area contributed by atoms with E-state index in [1.54, 1.807) is 7.11 Å². The molecular formula is C20H26N4O4. The molecular weight excluding hydrogens is 360 g/mol. The first-order chi connectivity index (χ1) is 13.5. The third-order valence-corrected chi connectivity index (χ3v) is 5.22. The zero-order valence-electron chi connectivity index (χ0n) is 16.0. The molecule has 8 heteroatoms. The maximum atomic E-state index is 12.3. The van der Waals surface area contributed by atoms with Crippen LogP contribution in [0.15, 0.2) is 33.9 Å². The Bertz CT molecular complexity index is 940. The molecule has 150 valence electrons. The fraction of sp³-hybridized carbons (Fsp3) is 0.450. The second-order valence-electron chi connectivity index (χ2n) is 7.09. The Hall–Kier alpha value is -3.03. The number of hydrogen-bond donors (Lipinski definition) is 3. The Morgan fingerprint density at radius 3 is 2.57 bits per heavy atom. The molecule has 1 aliphatic carbocycles. The average Bonchev–Trinajstić information content (AvgIpc) is 3.23. The predicted octanol–water partition coefficient (Wildman–Crippen LogP) is 1.89. The zero-order valence-corrected chi connectivity index (χ0v) is 16.0. The van der Waals surface area contributed by atoms with E-state index in [1.165, 1.54) is 4.57 Å². The highest BCUT2D eigenvalue weighted by Gasteiger charge is 2.24. The predicted molar refractivity (Wildman–Crippen MR) is 108 cm³/mol. The van der Waals surface area contributed by atoms with Gasteiger partial charge in [-0.25, -0.2) is 4.79 Å². The standard InChI is InChI=1S/C20H26N4O4/c1-28-15-10-8-13(9-11-15)5-4-12-24-17(21)16(19(26)23-20(24)27)22-18(25)14-6-2-3-7-14/h8-11,14H,2-7,12,21H2,1H3,(H,22,25)(H,23,26,27). The van der Waals surface area contributed by atoms with Gasteiger partial charge in [-0.3, -0.25) is 19.1 Å². The van der Waals surface area contributed by atoms with Crippen LogP contribution in [0.3, 0.4) is 0 Å². The summed E-state index contributed by atoms with van der Waals surface area (Å²) >= 11 is 0. The molecule has 0 atom stereocenters. The van der Waals surface area contributed by atoms with Crippen molar-refractivity contribution in [3.8, 4) is 5.75 Å². The molecule has 2 aromatic rings. The lowest BCUT2D eigenvalue weighted by Gasteiger charge is -2.15. The van der Waals surface area contributed by atoms with E-state index in [1.807, 2.05) is 24.3 Å². The molecule has 0 saturated heterocycles. The molecule has 0 unspecified atom stereocenters. The molecule has 0 bridgehead atoms. The van der Waals surface area contributed by atoms with Gasteiger partial charge in [-0.15, -0.1) is 0 Å². The number of aryl methyl sites for hydroxylation is 1. The van der Waals surface area contributed by atoms with Crippen molar-refractivity contribution in [2.75, 3.05) is 18.2 Å². The molecule has 1 heterocycles. The van der Waals surface area contributed by atoms with Gasteiger partial charge in [-0.05, 0) is 43.4 Å². The van der Waals surface area contributed by atoms with E-state index in [-0.39, 0.29) is 23.3 Å². The van der Waals surface area contributed by atoms with Gasteiger partial charge in [0.05, 0.1) is 7.11 Å². The number of nitrogens with zero attached hydrogens (tertiary/aromatic N) is 1. The van der Waals surface area contributed by atoms with Crippen molar-refractivity contribution < 1.29 is 9.53 Å². The fourth-order valence-corrected chi connectivity index (χ4v) is 3.58. The molecule has 1 aliphatic rings. The topological polar surface area (TPSA) is 119 Å². The van der Waals surface area contributed by atoms with E-state index < -0.39 is 11.2 Å². The molecule has 1 aromatic heterocycles. The summed E-state index contributed by atoms with van der Waals surface area (Å²) in [5, 5.41) is 2.63. The molecule has 1 fully saturated rings. The van der Waals surface area contributed by atoms with E-state index in [0.717, 1.165) is 43.4 Å². The lowest BCUT2D eigenvalue weighted by molar-refractivity contribution is -0.119. The van der Waals surface area contributed by atoms with Gasteiger partial charge in [0.15, 0.2) is 0 Å². The largest absolute Gasteiger partial charge is 0.497 e. The first-order valence-electron chi connectivity index (χ1n) is 9.56. The van der Waals surface area contributed by atoms with Crippen LogP contribution in [0.1, 0.15) is 37.7 Å². The first-order valence-corrected chi connectivity index (χ1v) is 9.56. The minimum atomic E-state index is -0.666. The first kappa shape index (κ1) is 19.7. The van der Waals surface area contributed by atoms with Crippen molar-refractivity contribution in [1.29, 1.82) is 0 Å². The van der Waals surface area contributed by atoms with Crippen molar-refractivity contribution in [3.05, 3.63) is 50.7 Å². The number of methoxy groups -OCH3 is 1. The van der Waals surface area contributed by atoms with Gasteiger partial charge in [0.1, 0.15) is 17.3 Å². The maximum Gasteiger partial charge on any atom is 0.330 e. The molecule has 0 radical (unpaired) electrons. The Labute approximate surface area is 162 Å². The van der Waals surface area contributed by atoms with Crippen LogP contribution in [0.2, 0.25) is 0 Å². The van der Waals surface area contributed by atoms with Gasteiger partial charge in [0, 0.05) is 12.5 Å². The van der Waals surface area contributed by atoms with E-state index in [0.29, 0.717) is 13.0 Å². The maximum absolute atomic E-state index is 12.3. The number of nitrogen functional groups attached to an aromatic ring is 1. The van der Waals surface area contributed by atoms with Gasteiger partial charge in [0.25, 0.3) is 5.56 Å². The third-order valence-electron chi connectivity index (χ3n) is 5.22. The van der Waals surface area contributed by atoms with Gasteiger partial charge in [-0.1, -0.05) is 25.0 Å². The van der Waals surface area contributed by atoms with Crippen LogP contribution >= 0.6 is 0 Å². The number of carbonyl (C=O) groups excluding carboxylic acids is 1. The number of amides is 1. The minimum Gasteiger partial charge on any atom is -0.497 e. The SMILES string of the molecule is COc1ccc(CCCn2c(N)c(NC(=O)C3CCCC3)c(=O)[nH]c2=O)cc1. The second kappa shape index (κ2) is 8.77. The summed E-state index contributed by atoms with van der Waals surface area (Å²) < 4.78 is 6.44. The number of nitrogens with one attached hydrogen (secondary N) is 2. The molecule has 1 saturated carbocycles. The van der Waals surface area contributed by atoms with Crippen molar-refractivity contribution in [2.24, 2.45) is 5.92 Å². The van der Waals surface area contributed by atoms with E-state index in [2.05, 4.69) is 10.3 Å². The highest BCUT2D eigenvalue weighted by molar-refractivity contribution is 5.94. The summed E-state index contributed by atoms with van der Waals surface area (Å²) in [6, 6.07) is 7.69. The number of carbonyl (C=O) groups is 1. The summed E-state index contributed by atoms with van der Waals surface area (Å²) in [7, 11) is 1.61. The van der Waals surface area contributed by atoms with Crippen LogP contribution < -0.4 is 27.0 Å². The van der Waals surface area contributed by atoms with Crippen LogP contribution in [0.5, 0.6) is 5.75 Å². The third kappa shape index (κ3) is 4.44. The van der Waals surface area contributed by atoms with Gasteiger partial charge in [0.2, 0.25) is 5.91 Å². The van der Waals surface area contributed by atoms with Crippen molar-refractivity contribution in [3.63, 3.8) is 0 Å². The summed E-state index contributed by atoms with van der Waals surface area (Å²) in [6.07, 6.45) is 5.02. The van der Waals surface area contributed by atoms with Crippen LogP contribution in [0, 0.1) is 5.92 Å². The van der Waals surface area contributed by atoms with E-state index >= 15 is 0 Å². The number of hydrogen-bond acceptors (Lipinski definition) is 5. The van der Waals surface area contributed by atoms with Crippen LogP contribution in [-0.2, 0) is 17.8 Å². The molecule has 3 rings (SSSR count). The molecule has 1 amide bonds. The number of aromatic nitrogens is 2. The zero-order chi connectivity index (χ0) is 20.1. The summed E-state index contributed by atoms with van der Waals surface area (Å²) in [5.74, 6) is 0.467. The minimum absolute atomic E-state index is 0.00479. The summed E-state index contributed by atoms with van der Waals surface area (Å²) in [5.41, 5.74) is 5.88. The molecule has 28 heavy (non-hydrogen) atoms. The van der Waals surface area contributed by atoms with Crippen LogP contribution in [-0.4, -0.2) is 22.6 Å². The number of anilines is 2. The van der Waals surface area contributed by atoms with E-state index in [4.69, 9.17) is 10.5 Å². The van der Waals surface area contributed by atoms with Gasteiger partial charge >= 0.3 is 5.69 Å². The lowest BCUT2D eigenvalue weighted by atomic mass is 10.1. The van der Waals surface area contributed by atoms with Crippen LogP contribution in [0.4, 0.5) is 11.5 Å². The average molecular weight is 386 g/mol. The summed E-state index contributed by atoms with van der Waals surface area (Å²) in [4.78, 5) is 38.9. The fourth-order valence-electron chi connectivity index (χ4n) is 3.58. The monoisotopic (exact) mass is 386 g/mol. The normalized spacial score (nSPS) is 14.2. The Balaban J connectivity index is 1.70. The van der Waals surface area contributed by atoms with Crippen molar-refractivity contribution in [1.82, 2.24) is 9.55 Å². The summed E-state index contributed by atoms with van der Waals surface area (Å²) in [6.45, 7) is 0.333. The molecule has 4 N–H and O–H groups in total. The smallest absolute Gasteiger partial charge is 0.330 e. The Morgan fingerprint density at radius 1 is 1.25 bits per heavy atom. The van der Waals surface area contributed by atoms with Crippen molar-refractivity contribution in [2.45, 2.75) is 45.1 Å². The van der Waals surface area contributed by atoms with Crippen molar-refractivity contribution >= 4 is 17.4 Å².